The number of anilines is 2. The number of amides is 3. The van der Waals surface area contributed by atoms with Crippen molar-refractivity contribution in [3.63, 3.8) is 0 Å². The highest BCUT2D eigenvalue weighted by molar-refractivity contribution is 7.10. The standard InChI is InChI=1S/C28H31ClFN5O4S2/c29-19-14-17(10-11-20(19)30)35(24(21-9-5-13-40-21)27(37)32-15-18-8-4-12-39-18)28(38)25-22(31)23(34-41-25)26(36)33-16-6-2-1-3-7-16/h5,9-11,13-14,16,18,24H,1-4,6-8,12,15,31H2,(H,32,37)(H,33,36)/t18-,24+/m0/s1. The second-order valence-electron chi connectivity index (χ2n) is 10.2. The van der Waals surface area contributed by atoms with E-state index in [1.165, 1.54) is 28.4 Å². The van der Waals surface area contributed by atoms with Crippen LogP contribution in [0.2, 0.25) is 5.02 Å². The molecule has 1 saturated carbocycles. The molecule has 3 aromatic rings. The van der Waals surface area contributed by atoms with Gasteiger partial charge in [0.15, 0.2) is 11.7 Å². The van der Waals surface area contributed by atoms with Crippen LogP contribution in [0, 0.1) is 5.82 Å². The van der Waals surface area contributed by atoms with Crippen LogP contribution in [0.5, 0.6) is 0 Å². The smallest absolute Gasteiger partial charge is 0.273 e. The molecule has 41 heavy (non-hydrogen) atoms. The number of rotatable bonds is 9. The van der Waals surface area contributed by atoms with Gasteiger partial charge in [-0.2, -0.15) is 4.37 Å². The molecule has 3 amide bonds. The van der Waals surface area contributed by atoms with Crippen LogP contribution < -0.4 is 21.3 Å². The highest BCUT2D eigenvalue weighted by Crippen LogP contribution is 2.36. The Morgan fingerprint density at radius 2 is 1.98 bits per heavy atom. The minimum Gasteiger partial charge on any atom is -0.395 e. The van der Waals surface area contributed by atoms with E-state index < -0.39 is 29.6 Å². The van der Waals surface area contributed by atoms with Crippen molar-refractivity contribution in [2.45, 2.75) is 63.1 Å². The molecule has 2 aromatic heterocycles. The molecule has 1 aliphatic heterocycles. The summed E-state index contributed by atoms with van der Waals surface area (Å²) in [6.45, 7) is 0.913. The molecule has 0 bridgehead atoms. The average Bonchev–Trinajstić information content (AvgIpc) is 3.75. The minimum absolute atomic E-state index is 0.00674. The van der Waals surface area contributed by atoms with Crippen LogP contribution in [-0.4, -0.2) is 47.4 Å². The molecule has 218 valence electrons. The summed E-state index contributed by atoms with van der Waals surface area (Å²) in [6.07, 6.45) is 6.59. The first-order valence-corrected chi connectivity index (χ1v) is 15.6. The van der Waals surface area contributed by atoms with Crippen molar-refractivity contribution in [2.24, 2.45) is 0 Å². The van der Waals surface area contributed by atoms with Crippen molar-refractivity contribution < 1.29 is 23.5 Å². The number of nitrogens with one attached hydrogen (secondary N) is 2. The lowest BCUT2D eigenvalue weighted by Crippen LogP contribution is -2.45. The first-order chi connectivity index (χ1) is 19.8. The monoisotopic (exact) mass is 619 g/mol. The van der Waals surface area contributed by atoms with E-state index >= 15 is 0 Å². The molecule has 13 heteroatoms. The van der Waals surface area contributed by atoms with Gasteiger partial charge in [-0.05, 0) is 66.9 Å². The number of thiophene rings is 1. The van der Waals surface area contributed by atoms with Gasteiger partial charge >= 0.3 is 0 Å². The van der Waals surface area contributed by atoms with Crippen LogP contribution in [0.4, 0.5) is 15.8 Å². The van der Waals surface area contributed by atoms with Gasteiger partial charge in [-0.3, -0.25) is 19.3 Å². The Kier molecular flexibility index (Phi) is 9.53. The van der Waals surface area contributed by atoms with Gasteiger partial charge in [-0.15, -0.1) is 11.3 Å². The Morgan fingerprint density at radius 1 is 1.17 bits per heavy atom. The maximum atomic E-state index is 14.2. The van der Waals surface area contributed by atoms with Crippen LogP contribution in [0.3, 0.4) is 0 Å². The number of nitrogen functional groups attached to an aromatic ring is 1. The maximum absolute atomic E-state index is 14.2. The highest BCUT2D eigenvalue weighted by Gasteiger charge is 2.37. The SMILES string of the molecule is Nc1c(C(=O)NC2CCCCC2)nsc1C(=O)N(c1ccc(F)c(Cl)c1)[C@@H](C(=O)NC[C@@H]1CCCO1)c1cccs1. The molecule has 2 aliphatic rings. The summed E-state index contributed by atoms with van der Waals surface area (Å²) in [7, 11) is 0. The Bertz CT molecular complexity index is 1390. The van der Waals surface area contributed by atoms with Crippen molar-refractivity contribution >= 4 is 63.6 Å². The number of aromatic nitrogens is 1. The van der Waals surface area contributed by atoms with Gasteiger partial charge < -0.3 is 21.1 Å². The first kappa shape index (κ1) is 29.4. The predicted octanol–water partition coefficient (Wildman–Crippen LogP) is 5.33. The summed E-state index contributed by atoms with van der Waals surface area (Å²) in [6, 6.07) is 6.21. The molecular formula is C28H31ClFN5O4S2. The van der Waals surface area contributed by atoms with Crippen molar-refractivity contribution in [2.75, 3.05) is 23.8 Å². The maximum Gasteiger partial charge on any atom is 0.273 e. The van der Waals surface area contributed by atoms with Crippen LogP contribution in [0.1, 0.15) is 76.0 Å². The fourth-order valence-electron chi connectivity index (χ4n) is 5.18. The third kappa shape index (κ3) is 6.72. The lowest BCUT2D eigenvalue weighted by molar-refractivity contribution is -0.122. The highest BCUT2D eigenvalue weighted by atomic mass is 35.5. The summed E-state index contributed by atoms with van der Waals surface area (Å²) in [5, 5.41) is 7.47. The van der Waals surface area contributed by atoms with Crippen molar-refractivity contribution in [3.8, 4) is 0 Å². The molecule has 4 N–H and O–H groups in total. The van der Waals surface area contributed by atoms with Crippen LogP contribution in [-0.2, 0) is 9.53 Å². The van der Waals surface area contributed by atoms with Gasteiger partial charge in [0.1, 0.15) is 10.7 Å². The van der Waals surface area contributed by atoms with E-state index in [4.69, 9.17) is 22.1 Å². The molecule has 2 fully saturated rings. The summed E-state index contributed by atoms with van der Waals surface area (Å²) in [4.78, 5) is 42.8. The predicted molar refractivity (Wildman–Crippen MR) is 158 cm³/mol. The topological polar surface area (TPSA) is 127 Å². The Morgan fingerprint density at radius 3 is 2.66 bits per heavy atom. The number of carbonyl (C=O) groups excluding carboxylic acids is 3. The van der Waals surface area contributed by atoms with E-state index in [-0.39, 0.29) is 45.7 Å². The second kappa shape index (κ2) is 13.3. The van der Waals surface area contributed by atoms with Gasteiger partial charge in [0.05, 0.1) is 16.8 Å². The van der Waals surface area contributed by atoms with Crippen molar-refractivity contribution in [1.29, 1.82) is 0 Å². The first-order valence-electron chi connectivity index (χ1n) is 13.6. The normalized spacial score (nSPS) is 18.1. The Labute approximate surface area is 250 Å². The number of nitrogens with zero attached hydrogens (tertiary/aromatic N) is 2. The van der Waals surface area contributed by atoms with Crippen molar-refractivity contribution in [1.82, 2.24) is 15.0 Å². The molecule has 5 rings (SSSR count). The third-order valence-corrected chi connectivity index (χ3v) is 9.39. The molecule has 1 aliphatic carbocycles. The summed E-state index contributed by atoms with van der Waals surface area (Å²) in [5.74, 6) is -2.22. The molecule has 2 atom stereocenters. The summed E-state index contributed by atoms with van der Waals surface area (Å²) < 4.78 is 24.0. The number of hydrogen-bond acceptors (Lipinski definition) is 8. The number of hydrogen-bond donors (Lipinski definition) is 3. The van der Waals surface area contributed by atoms with Crippen LogP contribution in [0.15, 0.2) is 35.7 Å². The molecule has 0 unspecified atom stereocenters. The molecule has 1 aromatic carbocycles. The molecule has 1 saturated heterocycles. The molecule has 0 radical (unpaired) electrons. The zero-order chi connectivity index (χ0) is 28.9. The largest absolute Gasteiger partial charge is 0.395 e. The van der Waals surface area contributed by atoms with Gasteiger partial charge in [0.25, 0.3) is 11.8 Å². The number of benzene rings is 1. The lowest BCUT2D eigenvalue weighted by Gasteiger charge is -2.30. The summed E-state index contributed by atoms with van der Waals surface area (Å²) in [5.41, 5.74) is 6.44. The fourth-order valence-corrected chi connectivity index (χ4v) is 6.90. The Hall–Kier alpha value is -3.06. The quantitative estimate of drug-likeness (QED) is 0.297. The third-order valence-electron chi connectivity index (χ3n) is 7.33. The zero-order valence-electron chi connectivity index (χ0n) is 22.2. The average molecular weight is 620 g/mol. The van der Waals surface area contributed by atoms with E-state index in [1.54, 1.807) is 17.5 Å². The van der Waals surface area contributed by atoms with Gasteiger partial charge in [0, 0.05) is 29.8 Å². The lowest BCUT2D eigenvalue weighted by atomic mass is 9.95. The zero-order valence-corrected chi connectivity index (χ0v) is 24.6. The van der Waals surface area contributed by atoms with Crippen LogP contribution in [0.25, 0.3) is 0 Å². The van der Waals surface area contributed by atoms with E-state index in [9.17, 15) is 18.8 Å². The summed E-state index contributed by atoms with van der Waals surface area (Å²) >= 11 is 8.20. The molecular weight excluding hydrogens is 589 g/mol. The molecule has 0 spiro atoms. The van der Waals surface area contributed by atoms with E-state index in [0.717, 1.165) is 62.5 Å². The number of nitrogens with two attached hydrogens (primary N) is 1. The van der Waals surface area contributed by atoms with Gasteiger partial charge in [0.2, 0.25) is 5.91 Å². The van der Waals surface area contributed by atoms with Gasteiger partial charge in [-0.25, -0.2) is 4.39 Å². The number of carbonyl (C=O) groups is 3. The second-order valence-corrected chi connectivity index (χ2v) is 12.3. The van der Waals surface area contributed by atoms with E-state index in [2.05, 4.69) is 15.0 Å². The van der Waals surface area contributed by atoms with E-state index in [1.807, 2.05) is 0 Å². The van der Waals surface area contributed by atoms with E-state index in [0.29, 0.717) is 11.5 Å². The fraction of sp³-hybridized carbons (Fsp3) is 0.429. The molecule has 3 heterocycles. The Balaban J connectivity index is 1.49. The number of halogens is 2. The van der Waals surface area contributed by atoms with Crippen molar-refractivity contribution in [3.05, 3.63) is 62.0 Å². The number of ether oxygens (including phenoxy) is 1. The minimum atomic E-state index is -1.13. The van der Waals surface area contributed by atoms with Crippen LogP contribution >= 0.6 is 34.5 Å². The molecule has 9 nitrogen and oxygen atoms in total. The van der Waals surface area contributed by atoms with Gasteiger partial charge in [-0.1, -0.05) is 36.9 Å².